The zero-order valence-corrected chi connectivity index (χ0v) is 9.23. The molecule has 0 radical (unpaired) electrons. The lowest BCUT2D eigenvalue weighted by Gasteiger charge is -2.02. The number of rotatable bonds is 0. The minimum Gasteiger partial charge on any atom is -0.294 e. The summed E-state index contributed by atoms with van der Waals surface area (Å²) < 4.78 is 0. The lowest BCUT2D eigenvalue weighted by molar-refractivity contribution is 0.100. The Kier molecular flexibility index (Phi) is 1.55. The molecule has 0 N–H and O–H groups in total. The van der Waals surface area contributed by atoms with Crippen molar-refractivity contribution in [2.24, 2.45) is 0 Å². The molecule has 0 saturated heterocycles. The minimum absolute atomic E-state index is 0.240. The lowest BCUT2D eigenvalue weighted by Crippen LogP contribution is -2.12. The number of benzene rings is 2. The van der Waals surface area contributed by atoms with Crippen molar-refractivity contribution in [2.45, 2.75) is 6.42 Å². The summed E-state index contributed by atoms with van der Waals surface area (Å²) in [5.74, 6) is 0.240. The van der Waals surface area contributed by atoms with E-state index >= 15 is 0 Å². The monoisotopic (exact) mass is 218 g/mol. The summed E-state index contributed by atoms with van der Waals surface area (Å²) in [7, 11) is 0. The summed E-state index contributed by atoms with van der Waals surface area (Å²) in [6.45, 7) is 0. The number of ketones is 1. The van der Waals surface area contributed by atoms with Crippen LogP contribution in [0.3, 0.4) is 0 Å². The predicted octanol–water partition coefficient (Wildman–Crippen LogP) is 2.01. The molecule has 1 heteroatoms. The number of carbonyl (C=O) groups excluding carboxylic acids is 1. The Hall–Kier alpha value is -2.15. The fraction of sp³-hybridized carbons (Fsp3) is 0.0625. The van der Waals surface area contributed by atoms with E-state index < -0.39 is 0 Å². The van der Waals surface area contributed by atoms with E-state index in [2.05, 4.69) is 36.4 Å². The first-order chi connectivity index (χ1) is 8.33. The van der Waals surface area contributed by atoms with Gasteiger partial charge in [-0.1, -0.05) is 36.4 Å². The second-order valence-electron chi connectivity index (χ2n) is 4.59. The Balaban J connectivity index is 2.23. The first kappa shape index (κ1) is 8.94. The van der Waals surface area contributed by atoms with Gasteiger partial charge in [0.2, 0.25) is 0 Å². The molecule has 0 atom stereocenters. The fourth-order valence-electron chi connectivity index (χ4n) is 2.73. The van der Waals surface area contributed by atoms with Crippen molar-refractivity contribution in [3.63, 3.8) is 0 Å². The van der Waals surface area contributed by atoms with Crippen molar-refractivity contribution < 1.29 is 4.79 Å². The number of carbonyl (C=O) groups is 1. The molecular weight excluding hydrogens is 208 g/mol. The van der Waals surface area contributed by atoms with Crippen molar-refractivity contribution in [3.8, 4) is 0 Å². The third-order valence-electron chi connectivity index (χ3n) is 3.61. The molecule has 0 aromatic heterocycles. The van der Waals surface area contributed by atoms with E-state index in [0.717, 1.165) is 16.2 Å². The van der Waals surface area contributed by atoms with Gasteiger partial charge in [-0.05, 0) is 38.9 Å². The molecule has 0 saturated carbocycles. The van der Waals surface area contributed by atoms with Gasteiger partial charge in [-0.3, -0.25) is 4.79 Å². The average molecular weight is 218 g/mol. The van der Waals surface area contributed by atoms with Crippen molar-refractivity contribution in [2.75, 3.05) is 0 Å². The molecule has 17 heavy (non-hydrogen) atoms. The third kappa shape index (κ3) is 1.11. The summed E-state index contributed by atoms with van der Waals surface area (Å²) in [4.78, 5) is 11.7. The van der Waals surface area contributed by atoms with Gasteiger partial charge in [-0.15, -0.1) is 0 Å². The molecule has 2 aromatic rings. The standard InChI is InChI=1S/C16H10O/c17-16-7-6-12-8-14-11(9-15(12)16)5-4-10-2-1-3-13(10)14/h1-6,8-9H,7H2. The van der Waals surface area contributed by atoms with Gasteiger partial charge < -0.3 is 0 Å². The second-order valence-corrected chi connectivity index (χ2v) is 4.59. The Labute approximate surface area is 98.4 Å². The predicted molar refractivity (Wildman–Crippen MR) is 70.1 cm³/mol. The van der Waals surface area contributed by atoms with Gasteiger partial charge in [0, 0.05) is 12.0 Å². The molecule has 0 heterocycles. The van der Waals surface area contributed by atoms with Crippen LogP contribution in [0.1, 0.15) is 22.3 Å². The van der Waals surface area contributed by atoms with E-state index in [1.54, 1.807) is 0 Å². The number of hydrogen-bond donors (Lipinski definition) is 0. The molecule has 1 nitrogen and oxygen atoms in total. The summed E-state index contributed by atoms with van der Waals surface area (Å²) in [5, 5.41) is 4.78. The van der Waals surface area contributed by atoms with Crippen LogP contribution in [0.5, 0.6) is 0 Å². The van der Waals surface area contributed by atoms with E-state index in [-0.39, 0.29) is 5.78 Å². The molecule has 0 bridgehead atoms. The second kappa shape index (κ2) is 2.95. The van der Waals surface area contributed by atoms with Crippen LogP contribution in [-0.4, -0.2) is 5.78 Å². The first-order valence-electron chi connectivity index (χ1n) is 5.81. The van der Waals surface area contributed by atoms with Crippen molar-refractivity contribution >= 4 is 34.8 Å². The van der Waals surface area contributed by atoms with E-state index in [4.69, 9.17) is 0 Å². The van der Waals surface area contributed by atoms with E-state index in [1.165, 1.54) is 16.2 Å². The van der Waals surface area contributed by atoms with Crippen LogP contribution in [0.2, 0.25) is 0 Å². The summed E-state index contributed by atoms with van der Waals surface area (Å²) in [5.41, 5.74) is 2.14. The van der Waals surface area contributed by atoms with Crippen LogP contribution in [-0.2, 0) is 0 Å². The average Bonchev–Trinajstić information content (AvgIpc) is 2.94. The van der Waals surface area contributed by atoms with Gasteiger partial charge >= 0.3 is 0 Å². The maximum absolute atomic E-state index is 11.7. The number of Topliss-reactive ketones (excluding diaryl/α,β-unsaturated/α-hetero) is 1. The number of allylic oxidation sites excluding steroid dienone is 1. The normalized spacial score (nSPS) is 15.6. The quantitative estimate of drug-likeness (QED) is 0.661. The highest BCUT2D eigenvalue weighted by atomic mass is 16.1. The van der Waals surface area contributed by atoms with Crippen LogP contribution in [0.15, 0.2) is 30.3 Å². The van der Waals surface area contributed by atoms with Crippen LogP contribution in [0.25, 0.3) is 29.0 Å². The summed E-state index contributed by atoms with van der Waals surface area (Å²) in [6.07, 6.45) is 8.92. The van der Waals surface area contributed by atoms with E-state index in [0.29, 0.717) is 6.42 Å². The van der Waals surface area contributed by atoms with Crippen LogP contribution in [0.4, 0.5) is 0 Å². The van der Waals surface area contributed by atoms with Crippen molar-refractivity contribution in [1.82, 2.24) is 0 Å². The van der Waals surface area contributed by atoms with E-state index in [9.17, 15) is 4.79 Å². The molecule has 0 amide bonds. The zero-order chi connectivity index (χ0) is 11.4. The summed E-state index contributed by atoms with van der Waals surface area (Å²) >= 11 is 0. The molecule has 4 rings (SSSR count). The maximum Gasteiger partial charge on any atom is 0.167 e. The molecule has 2 aliphatic carbocycles. The smallest absolute Gasteiger partial charge is 0.167 e. The highest BCUT2D eigenvalue weighted by Crippen LogP contribution is 2.17. The number of fused-ring (bicyclic) bond motifs is 4. The SMILES string of the molecule is O=C1CC=c2cc3c4c(ccc3cc21)C=CC=4. The lowest BCUT2D eigenvalue weighted by atomic mass is 10.0. The molecule has 0 spiro atoms. The Morgan fingerprint density at radius 2 is 2.06 bits per heavy atom. The largest absolute Gasteiger partial charge is 0.294 e. The Morgan fingerprint density at radius 1 is 1.12 bits per heavy atom. The maximum atomic E-state index is 11.7. The van der Waals surface area contributed by atoms with Gasteiger partial charge in [-0.2, -0.15) is 0 Å². The zero-order valence-electron chi connectivity index (χ0n) is 9.23. The van der Waals surface area contributed by atoms with E-state index in [1.807, 2.05) is 12.1 Å². The Bertz CT molecular complexity index is 823. The van der Waals surface area contributed by atoms with Gasteiger partial charge in [0.25, 0.3) is 0 Å². The molecule has 0 fully saturated rings. The molecule has 2 aliphatic rings. The first-order valence-corrected chi connectivity index (χ1v) is 5.81. The summed E-state index contributed by atoms with van der Waals surface area (Å²) in [6, 6.07) is 8.40. The van der Waals surface area contributed by atoms with Crippen LogP contribution >= 0.6 is 0 Å². The van der Waals surface area contributed by atoms with Crippen molar-refractivity contribution in [3.05, 3.63) is 51.9 Å². The van der Waals surface area contributed by atoms with Gasteiger partial charge in [-0.25, -0.2) is 0 Å². The molecule has 80 valence electrons. The Morgan fingerprint density at radius 3 is 3.00 bits per heavy atom. The highest BCUT2D eigenvalue weighted by molar-refractivity contribution is 6.06. The fourth-order valence-corrected chi connectivity index (χ4v) is 2.73. The van der Waals surface area contributed by atoms with Crippen LogP contribution in [0, 0.1) is 0 Å². The van der Waals surface area contributed by atoms with Crippen molar-refractivity contribution in [1.29, 1.82) is 0 Å². The van der Waals surface area contributed by atoms with Gasteiger partial charge in [0.15, 0.2) is 5.78 Å². The number of hydrogen-bond acceptors (Lipinski definition) is 1. The molecule has 0 aliphatic heterocycles. The topological polar surface area (TPSA) is 17.1 Å². The van der Waals surface area contributed by atoms with Crippen LogP contribution < -0.4 is 10.4 Å². The highest BCUT2D eigenvalue weighted by Gasteiger charge is 2.14. The molecule has 2 aromatic carbocycles. The van der Waals surface area contributed by atoms with Gasteiger partial charge in [0.05, 0.1) is 0 Å². The molecular formula is C16H10O. The molecule has 0 unspecified atom stereocenters. The van der Waals surface area contributed by atoms with Gasteiger partial charge in [0.1, 0.15) is 0 Å². The minimum atomic E-state index is 0.240. The third-order valence-corrected chi connectivity index (χ3v) is 3.61.